The SMILES string of the molecule is CCC(C)NC(=NC)NCc1cc(OC)ccc1O. The number of nitrogens with zero attached hydrogens (tertiary/aromatic N) is 1. The molecule has 3 N–H and O–H groups in total. The minimum absolute atomic E-state index is 0.243. The fraction of sp³-hybridized carbons (Fsp3) is 0.500. The predicted octanol–water partition coefficient (Wildman–Crippen LogP) is 1.86. The first-order chi connectivity index (χ1) is 9.10. The van der Waals surface area contributed by atoms with Crippen molar-refractivity contribution in [3.8, 4) is 11.5 Å². The van der Waals surface area contributed by atoms with E-state index in [2.05, 4.69) is 29.5 Å². The molecule has 1 unspecified atom stereocenters. The molecule has 0 heterocycles. The van der Waals surface area contributed by atoms with Crippen LogP contribution in [0.5, 0.6) is 11.5 Å². The number of phenolic OH excluding ortho intramolecular Hbond substituents is 1. The van der Waals surface area contributed by atoms with Gasteiger partial charge in [-0.3, -0.25) is 4.99 Å². The summed E-state index contributed by atoms with van der Waals surface area (Å²) in [5, 5.41) is 16.2. The molecule has 1 aromatic rings. The number of nitrogens with one attached hydrogen (secondary N) is 2. The van der Waals surface area contributed by atoms with Crippen LogP contribution in [0.15, 0.2) is 23.2 Å². The first kappa shape index (κ1) is 15.1. The maximum atomic E-state index is 9.79. The van der Waals surface area contributed by atoms with E-state index in [1.807, 2.05) is 0 Å². The Morgan fingerprint density at radius 2 is 2.21 bits per heavy atom. The molecule has 1 atom stereocenters. The summed E-state index contributed by atoms with van der Waals surface area (Å²) in [4.78, 5) is 4.14. The second kappa shape index (κ2) is 7.51. The van der Waals surface area contributed by atoms with Crippen molar-refractivity contribution in [1.29, 1.82) is 0 Å². The Balaban J connectivity index is 2.64. The Labute approximate surface area is 114 Å². The molecule has 0 spiro atoms. The van der Waals surface area contributed by atoms with Crippen molar-refractivity contribution < 1.29 is 9.84 Å². The van der Waals surface area contributed by atoms with Gasteiger partial charge in [-0.05, 0) is 31.5 Å². The third-order valence-corrected chi connectivity index (χ3v) is 2.95. The Bertz CT molecular complexity index is 433. The van der Waals surface area contributed by atoms with Gasteiger partial charge in [0.05, 0.1) is 7.11 Å². The third kappa shape index (κ3) is 4.69. The molecule has 0 saturated carbocycles. The molecule has 0 radical (unpaired) electrons. The second-order valence-corrected chi connectivity index (χ2v) is 4.37. The van der Waals surface area contributed by atoms with Gasteiger partial charge in [-0.1, -0.05) is 6.92 Å². The normalized spacial score (nSPS) is 12.9. The van der Waals surface area contributed by atoms with Crippen LogP contribution in [0.25, 0.3) is 0 Å². The quantitative estimate of drug-likeness (QED) is 0.561. The molecule has 0 amide bonds. The number of rotatable bonds is 5. The fourth-order valence-electron chi connectivity index (χ4n) is 1.54. The minimum atomic E-state index is 0.243. The van der Waals surface area contributed by atoms with Crippen molar-refractivity contribution in [2.24, 2.45) is 4.99 Å². The smallest absolute Gasteiger partial charge is 0.191 e. The van der Waals surface area contributed by atoms with Crippen LogP contribution in [-0.4, -0.2) is 31.3 Å². The number of ether oxygens (including phenoxy) is 1. The van der Waals surface area contributed by atoms with Gasteiger partial charge in [-0.15, -0.1) is 0 Å². The summed E-state index contributed by atoms with van der Waals surface area (Å²) >= 11 is 0. The van der Waals surface area contributed by atoms with Gasteiger partial charge in [-0.2, -0.15) is 0 Å². The summed E-state index contributed by atoms with van der Waals surface area (Å²) in [6.07, 6.45) is 1.02. The zero-order chi connectivity index (χ0) is 14.3. The molecule has 19 heavy (non-hydrogen) atoms. The van der Waals surface area contributed by atoms with Gasteiger partial charge in [0, 0.05) is 25.2 Å². The molecule has 0 aliphatic rings. The van der Waals surface area contributed by atoms with Crippen molar-refractivity contribution in [2.45, 2.75) is 32.9 Å². The molecule has 0 aliphatic carbocycles. The van der Waals surface area contributed by atoms with Gasteiger partial charge in [0.2, 0.25) is 0 Å². The van der Waals surface area contributed by atoms with E-state index < -0.39 is 0 Å². The molecule has 0 aromatic heterocycles. The van der Waals surface area contributed by atoms with Crippen molar-refractivity contribution >= 4 is 5.96 Å². The monoisotopic (exact) mass is 265 g/mol. The lowest BCUT2D eigenvalue weighted by atomic mass is 10.2. The molecular weight excluding hydrogens is 242 g/mol. The topological polar surface area (TPSA) is 65.9 Å². The summed E-state index contributed by atoms with van der Waals surface area (Å²) in [6, 6.07) is 5.51. The van der Waals surface area contributed by atoms with E-state index in [-0.39, 0.29) is 5.75 Å². The second-order valence-electron chi connectivity index (χ2n) is 4.37. The summed E-state index contributed by atoms with van der Waals surface area (Å²) in [6.45, 7) is 4.69. The van der Waals surface area contributed by atoms with E-state index in [1.54, 1.807) is 32.4 Å². The number of hydrogen-bond acceptors (Lipinski definition) is 3. The van der Waals surface area contributed by atoms with E-state index in [4.69, 9.17) is 4.74 Å². The van der Waals surface area contributed by atoms with Crippen LogP contribution in [0.4, 0.5) is 0 Å². The van der Waals surface area contributed by atoms with E-state index in [0.717, 1.165) is 23.7 Å². The number of aromatic hydroxyl groups is 1. The molecule has 1 aromatic carbocycles. The van der Waals surface area contributed by atoms with Gasteiger partial charge in [0.15, 0.2) is 5.96 Å². The Kier molecular flexibility index (Phi) is 5.99. The highest BCUT2D eigenvalue weighted by molar-refractivity contribution is 5.79. The average molecular weight is 265 g/mol. The van der Waals surface area contributed by atoms with Gasteiger partial charge in [-0.25, -0.2) is 0 Å². The highest BCUT2D eigenvalue weighted by atomic mass is 16.5. The Morgan fingerprint density at radius 1 is 1.47 bits per heavy atom. The lowest BCUT2D eigenvalue weighted by Gasteiger charge is -2.17. The molecule has 0 bridgehead atoms. The van der Waals surface area contributed by atoms with E-state index in [1.165, 1.54) is 0 Å². The summed E-state index contributed by atoms with van der Waals surface area (Å²) in [5.41, 5.74) is 0.770. The number of hydrogen-bond donors (Lipinski definition) is 3. The number of methoxy groups -OCH3 is 1. The Hall–Kier alpha value is -1.91. The molecule has 106 valence electrons. The highest BCUT2D eigenvalue weighted by Crippen LogP contribution is 2.22. The van der Waals surface area contributed by atoms with Crippen LogP contribution >= 0.6 is 0 Å². The van der Waals surface area contributed by atoms with Crippen molar-refractivity contribution in [3.05, 3.63) is 23.8 Å². The molecule has 1 rings (SSSR count). The lowest BCUT2D eigenvalue weighted by Crippen LogP contribution is -2.41. The Morgan fingerprint density at radius 3 is 2.79 bits per heavy atom. The van der Waals surface area contributed by atoms with Crippen LogP contribution in [0.2, 0.25) is 0 Å². The van der Waals surface area contributed by atoms with Crippen LogP contribution < -0.4 is 15.4 Å². The molecular formula is C14H23N3O2. The van der Waals surface area contributed by atoms with Crippen LogP contribution in [-0.2, 0) is 6.54 Å². The summed E-state index contributed by atoms with van der Waals surface area (Å²) in [7, 11) is 3.33. The largest absolute Gasteiger partial charge is 0.508 e. The third-order valence-electron chi connectivity index (χ3n) is 2.95. The number of benzene rings is 1. The van der Waals surface area contributed by atoms with E-state index >= 15 is 0 Å². The minimum Gasteiger partial charge on any atom is -0.508 e. The lowest BCUT2D eigenvalue weighted by molar-refractivity contribution is 0.410. The van der Waals surface area contributed by atoms with E-state index in [0.29, 0.717) is 12.6 Å². The van der Waals surface area contributed by atoms with Gasteiger partial charge >= 0.3 is 0 Å². The van der Waals surface area contributed by atoms with Gasteiger partial charge < -0.3 is 20.5 Å². The first-order valence-corrected chi connectivity index (χ1v) is 6.43. The zero-order valence-corrected chi connectivity index (χ0v) is 12.0. The summed E-state index contributed by atoms with van der Waals surface area (Å²) < 4.78 is 5.14. The average Bonchev–Trinajstić information content (AvgIpc) is 2.44. The standard InChI is InChI=1S/C14H23N3O2/c1-5-10(2)17-14(15-3)16-9-11-8-12(19-4)6-7-13(11)18/h6-8,10,18H,5,9H2,1-4H3,(H2,15,16,17). The predicted molar refractivity (Wildman–Crippen MR) is 77.7 cm³/mol. The van der Waals surface area contributed by atoms with E-state index in [9.17, 15) is 5.11 Å². The van der Waals surface area contributed by atoms with Crippen molar-refractivity contribution in [1.82, 2.24) is 10.6 Å². The van der Waals surface area contributed by atoms with Gasteiger partial charge in [0.25, 0.3) is 0 Å². The van der Waals surface area contributed by atoms with Crippen LogP contribution in [0.1, 0.15) is 25.8 Å². The zero-order valence-electron chi connectivity index (χ0n) is 12.0. The van der Waals surface area contributed by atoms with Crippen molar-refractivity contribution in [3.63, 3.8) is 0 Å². The maximum Gasteiger partial charge on any atom is 0.191 e. The molecule has 5 heteroatoms. The number of aliphatic imine (C=N–C) groups is 1. The van der Waals surface area contributed by atoms with Gasteiger partial charge in [0.1, 0.15) is 11.5 Å². The fourth-order valence-corrected chi connectivity index (χ4v) is 1.54. The first-order valence-electron chi connectivity index (χ1n) is 6.43. The van der Waals surface area contributed by atoms with Crippen LogP contribution in [0, 0.1) is 0 Å². The molecule has 0 aliphatic heterocycles. The van der Waals surface area contributed by atoms with Crippen molar-refractivity contribution in [2.75, 3.05) is 14.2 Å². The maximum absolute atomic E-state index is 9.79. The van der Waals surface area contributed by atoms with Crippen LogP contribution in [0.3, 0.4) is 0 Å². The molecule has 0 fully saturated rings. The summed E-state index contributed by atoms with van der Waals surface area (Å²) in [5.74, 6) is 1.68. The molecule has 0 saturated heterocycles. The number of guanidine groups is 1. The highest BCUT2D eigenvalue weighted by Gasteiger charge is 2.06. The molecule has 5 nitrogen and oxygen atoms in total. The number of phenols is 1.